The molecule has 0 radical (unpaired) electrons. The van der Waals surface area contributed by atoms with Gasteiger partial charge in [-0.2, -0.15) is 10.4 Å². The summed E-state index contributed by atoms with van der Waals surface area (Å²) < 4.78 is 0. The standard InChI is InChI=1S/C13H14N4O/c1-9-12(5-6-14)13(18)17(16-9)11-4-2-3-10(7-11)8-15/h2-4,7,12H,5-6,14H2,1H3. The average Bonchev–Trinajstić information content (AvgIpc) is 2.67. The predicted molar refractivity (Wildman–Crippen MR) is 68.9 cm³/mol. The van der Waals surface area contributed by atoms with Crippen molar-refractivity contribution in [3.8, 4) is 6.07 Å². The molecular formula is C13H14N4O. The molecule has 0 aromatic heterocycles. The first-order valence-corrected chi connectivity index (χ1v) is 5.76. The molecular weight excluding hydrogens is 228 g/mol. The summed E-state index contributed by atoms with van der Waals surface area (Å²) >= 11 is 0. The quantitative estimate of drug-likeness (QED) is 0.865. The van der Waals surface area contributed by atoms with E-state index < -0.39 is 0 Å². The minimum atomic E-state index is -0.235. The Morgan fingerprint density at radius 1 is 1.56 bits per heavy atom. The van der Waals surface area contributed by atoms with Crippen LogP contribution in [0.2, 0.25) is 0 Å². The SMILES string of the molecule is CC1=NN(c2cccc(C#N)c2)C(=O)C1CCN. The number of hydrogen-bond donors (Lipinski definition) is 1. The molecule has 2 N–H and O–H groups in total. The van der Waals surface area contributed by atoms with E-state index in [0.29, 0.717) is 24.2 Å². The fraction of sp³-hybridized carbons (Fsp3) is 0.308. The molecule has 1 aliphatic heterocycles. The summed E-state index contributed by atoms with van der Waals surface area (Å²) in [6, 6.07) is 8.89. The van der Waals surface area contributed by atoms with Crippen molar-refractivity contribution in [2.75, 3.05) is 11.6 Å². The van der Waals surface area contributed by atoms with Gasteiger partial charge in [0, 0.05) is 5.71 Å². The van der Waals surface area contributed by atoms with Crippen LogP contribution in [0.25, 0.3) is 0 Å². The summed E-state index contributed by atoms with van der Waals surface area (Å²) in [7, 11) is 0. The molecule has 1 amide bonds. The van der Waals surface area contributed by atoms with E-state index in [4.69, 9.17) is 11.0 Å². The Balaban J connectivity index is 2.30. The van der Waals surface area contributed by atoms with Gasteiger partial charge in [0.25, 0.3) is 5.91 Å². The van der Waals surface area contributed by atoms with Crippen molar-refractivity contribution in [3.05, 3.63) is 29.8 Å². The molecule has 0 saturated carbocycles. The average molecular weight is 242 g/mol. The van der Waals surface area contributed by atoms with Gasteiger partial charge in [0.05, 0.1) is 23.2 Å². The highest BCUT2D eigenvalue weighted by Gasteiger charge is 2.33. The normalized spacial score (nSPS) is 18.7. The Hall–Kier alpha value is -2.19. The van der Waals surface area contributed by atoms with E-state index in [-0.39, 0.29) is 11.8 Å². The number of amides is 1. The van der Waals surface area contributed by atoms with Crippen LogP contribution in [-0.4, -0.2) is 18.2 Å². The highest BCUT2D eigenvalue weighted by atomic mass is 16.2. The van der Waals surface area contributed by atoms with Crippen LogP contribution in [0.5, 0.6) is 0 Å². The minimum absolute atomic E-state index is 0.0759. The molecule has 1 heterocycles. The highest BCUT2D eigenvalue weighted by molar-refractivity contribution is 6.14. The maximum atomic E-state index is 12.2. The maximum Gasteiger partial charge on any atom is 0.256 e. The van der Waals surface area contributed by atoms with Gasteiger partial charge in [-0.25, -0.2) is 5.01 Å². The molecule has 92 valence electrons. The van der Waals surface area contributed by atoms with E-state index >= 15 is 0 Å². The molecule has 0 saturated heterocycles. The van der Waals surface area contributed by atoms with E-state index in [0.717, 1.165) is 5.71 Å². The van der Waals surface area contributed by atoms with Crippen LogP contribution in [-0.2, 0) is 4.79 Å². The molecule has 5 heteroatoms. The number of hydrazone groups is 1. The van der Waals surface area contributed by atoms with Crippen LogP contribution in [0.4, 0.5) is 5.69 Å². The van der Waals surface area contributed by atoms with Gasteiger partial charge in [0.15, 0.2) is 0 Å². The number of carbonyl (C=O) groups excluding carboxylic acids is 1. The summed E-state index contributed by atoms with van der Waals surface area (Å²) in [5.41, 5.74) is 7.40. The first-order chi connectivity index (χ1) is 8.67. The van der Waals surface area contributed by atoms with Crippen LogP contribution < -0.4 is 10.7 Å². The zero-order valence-corrected chi connectivity index (χ0v) is 10.1. The minimum Gasteiger partial charge on any atom is -0.330 e. The molecule has 18 heavy (non-hydrogen) atoms. The summed E-state index contributed by atoms with van der Waals surface area (Å²) in [5, 5.41) is 14.5. The Labute approximate surface area is 105 Å². The molecule has 0 spiro atoms. The van der Waals surface area contributed by atoms with E-state index in [1.54, 1.807) is 24.3 Å². The first kappa shape index (κ1) is 12.3. The predicted octanol–water partition coefficient (Wildman–Crippen LogP) is 1.25. The van der Waals surface area contributed by atoms with Crippen LogP contribution >= 0.6 is 0 Å². The van der Waals surface area contributed by atoms with E-state index in [9.17, 15) is 4.79 Å². The maximum absolute atomic E-state index is 12.2. The zero-order valence-electron chi connectivity index (χ0n) is 10.1. The molecule has 0 bridgehead atoms. The van der Waals surface area contributed by atoms with Crippen molar-refractivity contribution in [2.24, 2.45) is 16.8 Å². The lowest BCUT2D eigenvalue weighted by atomic mass is 10.0. The van der Waals surface area contributed by atoms with Gasteiger partial charge in [-0.15, -0.1) is 0 Å². The van der Waals surface area contributed by atoms with E-state index in [1.165, 1.54) is 5.01 Å². The van der Waals surface area contributed by atoms with Crippen molar-refractivity contribution in [3.63, 3.8) is 0 Å². The van der Waals surface area contributed by atoms with Crippen molar-refractivity contribution < 1.29 is 4.79 Å². The number of rotatable bonds is 3. The van der Waals surface area contributed by atoms with Gasteiger partial charge >= 0.3 is 0 Å². The van der Waals surface area contributed by atoms with Gasteiger partial charge in [0.2, 0.25) is 0 Å². The molecule has 2 rings (SSSR count). The Kier molecular flexibility index (Phi) is 3.40. The molecule has 1 aromatic rings. The van der Waals surface area contributed by atoms with Crippen molar-refractivity contribution >= 4 is 17.3 Å². The van der Waals surface area contributed by atoms with Crippen molar-refractivity contribution in [1.82, 2.24) is 0 Å². The second-order valence-electron chi connectivity index (χ2n) is 4.18. The van der Waals surface area contributed by atoms with Crippen LogP contribution in [0, 0.1) is 17.2 Å². The third-order valence-corrected chi connectivity index (χ3v) is 2.94. The fourth-order valence-corrected chi connectivity index (χ4v) is 1.99. The van der Waals surface area contributed by atoms with Crippen LogP contribution in [0.3, 0.4) is 0 Å². The number of nitrogens with zero attached hydrogens (tertiary/aromatic N) is 3. The summed E-state index contributed by atoms with van der Waals surface area (Å²) in [6.07, 6.45) is 0.600. The molecule has 0 aliphatic carbocycles. The third-order valence-electron chi connectivity index (χ3n) is 2.94. The van der Waals surface area contributed by atoms with Crippen LogP contribution in [0.15, 0.2) is 29.4 Å². The van der Waals surface area contributed by atoms with Gasteiger partial charge in [-0.1, -0.05) is 6.07 Å². The summed E-state index contributed by atoms with van der Waals surface area (Å²) in [6.45, 7) is 2.28. The number of hydrogen-bond acceptors (Lipinski definition) is 4. The monoisotopic (exact) mass is 242 g/mol. The van der Waals surface area contributed by atoms with Crippen molar-refractivity contribution in [2.45, 2.75) is 13.3 Å². The van der Waals surface area contributed by atoms with E-state index in [2.05, 4.69) is 5.10 Å². The smallest absolute Gasteiger partial charge is 0.256 e. The lowest BCUT2D eigenvalue weighted by Crippen LogP contribution is -2.28. The fourth-order valence-electron chi connectivity index (χ4n) is 1.99. The number of anilines is 1. The van der Waals surface area contributed by atoms with Gasteiger partial charge in [0.1, 0.15) is 0 Å². The molecule has 0 fully saturated rings. The van der Waals surface area contributed by atoms with Gasteiger partial charge in [-0.05, 0) is 38.1 Å². The zero-order chi connectivity index (χ0) is 13.1. The Morgan fingerprint density at radius 2 is 2.33 bits per heavy atom. The third kappa shape index (κ3) is 2.11. The summed E-state index contributed by atoms with van der Waals surface area (Å²) in [4.78, 5) is 12.2. The largest absolute Gasteiger partial charge is 0.330 e. The lowest BCUT2D eigenvalue weighted by molar-refractivity contribution is -0.119. The van der Waals surface area contributed by atoms with Gasteiger partial charge < -0.3 is 5.73 Å². The molecule has 1 unspecified atom stereocenters. The molecule has 5 nitrogen and oxygen atoms in total. The topological polar surface area (TPSA) is 82.5 Å². The van der Waals surface area contributed by atoms with Crippen LogP contribution in [0.1, 0.15) is 18.9 Å². The van der Waals surface area contributed by atoms with Crippen molar-refractivity contribution in [1.29, 1.82) is 5.26 Å². The number of benzene rings is 1. The Bertz CT molecular complexity index is 544. The first-order valence-electron chi connectivity index (χ1n) is 5.76. The molecule has 1 aromatic carbocycles. The highest BCUT2D eigenvalue weighted by Crippen LogP contribution is 2.25. The second kappa shape index (κ2) is 4.98. The lowest BCUT2D eigenvalue weighted by Gasteiger charge is -2.14. The number of nitrogens with two attached hydrogens (primary N) is 1. The molecule has 1 aliphatic rings. The van der Waals surface area contributed by atoms with E-state index in [1.807, 2.05) is 13.0 Å². The van der Waals surface area contributed by atoms with Gasteiger partial charge in [-0.3, -0.25) is 4.79 Å². The number of nitriles is 1. The molecule has 1 atom stereocenters. The number of carbonyl (C=O) groups is 1. The Morgan fingerprint density at radius 3 is 3.00 bits per heavy atom. The summed E-state index contributed by atoms with van der Waals surface area (Å²) in [5.74, 6) is -0.311. The second-order valence-corrected chi connectivity index (χ2v) is 4.18.